The van der Waals surface area contributed by atoms with Crippen molar-refractivity contribution in [2.75, 3.05) is 11.9 Å². The van der Waals surface area contributed by atoms with Gasteiger partial charge in [0.1, 0.15) is 23.0 Å². The summed E-state index contributed by atoms with van der Waals surface area (Å²) in [5, 5.41) is 14.5. The molecule has 1 amide bonds. The SMILES string of the molecule is CC(=O)N1C[C@H](c2nc(Nc3cc(Cl)cc(-c4cn[nH]n4)c3)cc(-c3cnccn3)n2)CC[C@@H]1C. The number of amides is 1. The Bertz CT molecular complexity index is 1330. The number of nitrogens with one attached hydrogen (secondary N) is 2. The van der Waals surface area contributed by atoms with Gasteiger partial charge in [-0.3, -0.25) is 14.8 Å². The van der Waals surface area contributed by atoms with Gasteiger partial charge in [-0.1, -0.05) is 11.6 Å². The van der Waals surface area contributed by atoms with Gasteiger partial charge in [0.2, 0.25) is 5.91 Å². The first kappa shape index (κ1) is 22.9. The van der Waals surface area contributed by atoms with E-state index in [4.69, 9.17) is 21.6 Å². The molecule has 10 nitrogen and oxygen atoms in total. The van der Waals surface area contributed by atoms with Crippen LogP contribution in [0.2, 0.25) is 5.02 Å². The van der Waals surface area contributed by atoms with Crippen LogP contribution in [-0.4, -0.2) is 58.7 Å². The number of likely N-dealkylation sites (tertiary alicyclic amines) is 1. The third-order valence-corrected chi connectivity index (χ3v) is 6.32. The Morgan fingerprint density at radius 2 is 1.97 bits per heavy atom. The van der Waals surface area contributed by atoms with Crippen LogP contribution in [0.3, 0.4) is 0 Å². The van der Waals surface area contributed by atoms with Gasteiger partial charge in [0.05, 0.1) is 18.1 Å². The third-order valence-electron chi connectivity index (χ3n) is 6.10. The predicted octanol–water partition coefficient (Wildman–Crippen LogP) is 4.23. The van der Waals surface area contributed by atoms with Gasteiger partial charge in [-0.05, 0) is 38.0 Å². The summed E-state index contributed by atoms with van der Waals surface area (Å²) in [6.07, 6.45) is 8.33. The molecule has 2 N–H and O–H groups in total. The van der Waals surface area contributed by atoms with Crippen molar-refractivity contribution in [3.8, 4) is 22.6 Å². The number of carbonyl (C=O) groups excluding carboxylic acids is 1. The predicted molar refractivity (Wildman–Crippen MR) is 132 cm³/mol. The molecule has 0 aliphatic carbocycles. The molecule has 1 aromatic carbocycles. The molecule has 0 unspecified atom stereocenters. The maximum absolute atomic E-state index is 12.2. The average Bonchev–Trinajstić information content (AvgIpc) is 3.39. The Morgan fingerprint density at radius 1 is 1.09 bits per heavy atom. The van der Waals surface area contributed by atoms with E-state index < -0.39 is 0 Å². The van der Waals surface area contributed by atoms with E-state index in [1.807, 2.05) is 29.2 Å². The molecule has 35 heavy (non-hydrogen) atoms. The minimum absolute atomic E-state index is 0.0114. The van der Waals surface area contributed by atoms with Crippen molar-refractivity contribution >= 4 is 29.0 Å². The van der Waals surface area contributed by atoms with E-state index in [-0.39, 0.29) is 17.9 Å². The average molecular weight is 490 g/mol. The zero-order valence-electron chi connectivity index (χ0n) is 19.3. The molecule has 1 aliphatic heterocycles. The Morgan fingerprint density at radius 3 is 2.71 bits per heavy atom. The van der Waals surface area contributed by atoms with Crippen molar-refractivity contribution in [2.45, 2.75) is 38.6 Å². The topological polar surface area (TPSA) is 125 Å². The molecule has 0 bridgehead atoms. The second-order valence-corrected chi connectivity index (χ2v) is 9.03. The van der Waals surface area contributed by atoms with Gasteiger partial charge in [0, 0.05) is 60.2 Å². The van der Waals surface area contributed by atoms with Crippen molar-refractivity contribution in [2.24, 2.45) is 0 Å². The summed E-state index contributed by atoms with van der Waals surface area (Å²) in [6, 6.07) is 7.59. The maximum Gasteiger partial charge on any atom is 0.219 e. The summed E-state index contributed by atoms with van der Waals surface area (Å²) < 4.78 is 0. The zero-order valence-corrected chi connectivity index (χ0v) is 20.1. The standard InChI is InChI=1S/C24H24ClN9O/c1-14-3-4-16(13-34(14)15(2)35)24-30-20(22-11-26-5-6-27-22)10-23(31-24)29-19-8-17(7-18(25)9-19)21-12-28-33-32-21/h5-12,14,16H,3-4,13H2,1-2H3,(H,28,32,33)(H,29,30,31)/t14-,16+/m0/s1. The summed E-state index contributed by atoms with van der Waals surface area (Å²) in [5.74, 6) is 1.33. The number of hydrogen-bond donors (Lipinski definition) is 2. The van der Waals surface area contributed by atoms with Crippen LogP contribution >= 0.6 is 11.6 Å². The second kappa shape index (κ2) is 9.75. The molecule has 0 spiro atoms. The largest absolute Gasteiger partial charge is 0.340 e. The Hall–Kier alpha value is -3.92. The molecule has 1 saturated heterocycles. The van der Waals surface area contributed by atoms with E-state index in [0.717, 1.165) is 24.1 Å². The fourth-order valence-electron chi connectivity index (χ4n) is 4.33. The molecule has 4 aromatic rings. The van der Waals surface area contributed by atoms with Crippen molar-refractivity contribution < 1.29 is 4.79 Å². The van der Waals surface area contributed by atoms with Crippen LogP contribution in [0.1, 0.15) is 38.4 Å². The van der Waals surface area contributed by atoms with Crippen molar-refractivity contribution in [1.82, 2.24) is 40.2 Å². The molecule has 5 rings (SSSR count). The zero-order chi connectivity index (χ0) is 24.4. The first-order chi connectivity index (χ1) is 17.0. The quantitative estimate of drug-likeness (QED) is 0.426. The summed E-state index contributed by atoms with van der Waals surface area (Å²) in [7, 11) is 0. The van der Waals surface area contributed by atoms with Gasteiger partial charge < -0.3 is 10.2 Å². The lowest BCUT2D eigenvalue weighted by atomic mass is 9.92. The summed E-state index contributed by atoms with van der Waals surface area (Å²) >= 11 is 6.39. The van der Waals surface area contributed by atoms with Gasteiger partial charge in [-0.25, -0.2) is 9.97 Å². The molecule has 0 saturated carbocycles. The number of halogens is 1. The molecule has 4 heterocycles. The van der Waals surface area contributed by atoms with E-state index in [9.17, 15) is 4.79 Å². The van der Waals surface area contributed by atoms with Crippen LogP contribution in [0.15, 0.2) is 49.1 Å². The smallest absolute Gasteiger partial charge is 0.219 e. The molecule has 1 fully saturated rings. The number of carbonyl (C=O) groups is 1. The van der Waals surface area contributed by atoms with Crippen LogP contribution in [0.4, 0.5) is 11.5 Å². The van der Waals surface area contributed by atoms with Crippen LogP contribution in [-0.2, 0) is 4.79 Å². The normalized spacial score (nSPS) is 17.9. The molecular formula is C24H24ClN9O. The molecule has 1 aliphatic rings. The minimum Gasteiger partial charge on any atom is -0.340 e. The minimum atomic E-state index is 0.0114. The van der Waals surface area contributed by atoms with Crippen LogP contribution in [0, 0.1) is 0 Å². The molecule has 3 aromatic heterocycles. The Kier molecular flexibility index (Phi) is 6.37. The first-order valence-electron chi connectivity index (χ1n) is 11.3. The lowest BCUT2D eigenvalue weighted by Crippen LogP contribution is -2.44. The first-order valence-corrected chi connectivity index (χ1v) is 11.7. The highest BCUT2D eigenvalue weighted by Gasteiger charge is 2.30. The number of piperidine rings is 1. The number of nitrogens with zero attached hydrogens (tertiary/aromatic N) is 7. The van der Waals surface area contributed by atoms with Crippen LogP contribution in [0.5, 0.6) is 0 Å². The fourth-order valence-corrected chi connectivity index (χ4v) is 4.56. The molecule has 2 atom stereocenters. The van der Waals surface area contributed by atoms with Crippen molar-refractivity contribution in [3.05, 3.63) is 59.9 Å². The van der Waals surface area contributed by atoms with Crippen molar-refractivity contribution in [3.63, 3.8) is 0 Å². The third kappa shape index (κ3) is 5.12. The lowest BCUT2D eigenvalue weighted by molar-refractivity contribution is -0.132. The van der Waals surface area contributed by atoms with E-state index in [0.29, 0.717) is 40.3 Å². The highest BCUT2D eigenvalue weighted by Crippen LogP contribution is 2.32. The molecular weight excluding hydrogens is 466 g/mol. The Balaban J connectivity index is 1.52. The molecule has 178 valence electrons. The van der Waals surface area contributed by atoms with Gasteiger partial charge in [0.25, 0.3) is 0 Å². The number of aromatic amines is 1. The summed E-state index contributed by atoms with van der Waals surface area (Å²) in [4.78, 5) is 32.3. The van der Waals surface area contributed by atoms with Crippen LogP contribution < -0.4 is 5.32 Å². The number of hydrogen-bond acceptors (Lipinski definition) is 8. The number of benzene rings is 1. The Labute approximate surface area is 207 Å². The summed E-state index contributed by atoms with van der Waals surface area (Å²) in [6.45, 7) is 4.26. The second-order valence-electron chi connectivity index (χ2n) is 8.59. The van der Waals surface area contributed by atoms with Gasteiger partial charge >= 0.3 is 0 Å². The van der Waals surface area contributed by atoms with E-state index >= 15 is 0 Å². The van der Waals surface area contributed by atoms with E-state index in [1.54, 1.807) is 31.7 Å². The number of anilines is 2. The van der Waals surface area contributed by atoms with Gasteiger partial charge in [-0.2, -0.15) is 15.4 Å². The highest BCUT2D eigenvalue weighted by atomic mass is 35.5. The van der Waals surface area contributed by atoms with Gasteiger partial charge in [-0.15, -0.1) is 0 Å². The van der Waals surface area contributed by atoms with Crippen molar-refractivity contribution in [1.29, 1.82) is 0 Å². The van der Waals surface area contributed by atoms with Crippen LogP contribution in [0.25, 0.3) is 22.6 Å². The van der Waals surface area contributed by atoms with E-state index in [2.05, 4.69) is 37.6 Å². The van der Waals surface area contributed by atoms with E-state index in [1.165, 1.54) is 0 Å². The maximum atomic E-state index is 12.2. The lowest BCUT2D eigenvalue weighted by Gasteiger charge is -2.37. The summed E-state index contributed by atoms with van der Waals surface area (Å²) in [5.41, 5.74) is 3.53. The number of aromatic nitrogens is 7. The fraction of sp³-hybridized carbons (Fsp3) is 0.292. The molecule has 11 heteroatoms. The van der Waals surface area contributed by atoms with Gasteiger partial charge in [0.15, 0.2) is 0 Å². The highest BCUT2D eigenvalue weighted by molar-refractivity contribution is 6.31. The number of H-pyrrole nitrogens is 1. The number of rotatable bonds is 5. The monoisotopic (exact) mass is 489 g/mol. The molecule has 0 radical (unpaired) electrons.